The van der Waals surface area contributed by atoms with Crippen LogP contribution in [0.25, 0.3) is 0 Å². The molecule has 4 bridgehead atoms. The van der Waals surface area contributed by atoms with Crippen LogP contribution in [0.3, 0.4) is 0 Å². The van der Waals surface area contributed by atoms with Crippen molar-refractivity contribution in [1.29, 1.82) is 0 Å². The second kappa shape index (κ2) is 5.37. The molecule has 0 aromatic heterocycles. The van der Waals surface area contributed by atoms with E-state index in [1.54, 1.807) is 0 Å². The quantitative estimate of drug-likeness (QED) is 0.781. The molecule has 5 fully saturated rings. The Bertz CT molecular complexity index is 298. The van der Waals surface area contributed by atoms with Crippen LogP contribution in [0.15, 0.2) is 0 Å². The Morgan fingerprint density at radius 3 is 2.26 bits per heavy atom. The minimum Gasteiger partial charge on any atom is -0.312 e. The Morgan fingerprint density at radius 2 is 1.47 bits per heavy atom. The predicted octanol–water partition coefficient (Wildman–Crippen LogP) is 3.03. The molecule has 3 aliphatic heterocycles. The monoisotopic (exact) mass is 262 g/mol. The summed E-state index contributed by atoms with van der Waals surface area (Å²) in [4.78, 5) is 2.94. The van der Waals surface area contributed by atoms with Gasteiger partial charge in [-0.2, -0.15) is 0 Å². The molecule has 2 saturated carbocycles. The molecule has 0 aromatic carbocycles. The van der Waals surface area contributed by atoms with E-state index in [1.165, 1.54) is 77.4 Å². The highest BCUT2D eigenvalue weighted by molar-refractivity contribution is 4.96. The molecule has 108 valence electrons. The molecule has 5 aliphatic rings. The highest BCUT2D eigenvalue weighted by Gasteiger charge is 2.39. The van der Waals surface area contributed by atoms with Gasteiger partial charge in [0.05, 0.1) is 0 Å². The highest BCUT2D eigenvalue weighted by Crippen LogP contribution is 2.38. The van der Waals surface area contributed by atoms with Gasteiger partial charge in [0.25, 0.3) is 0 Å². The fourth-order valence-corrected chi connectivity index (χ4v) is 5.44. The molecule has 2 heteroatoms. The molecule has 2 aliphatic carbocycles. The molecule has 3 heterocycles. The van der Waals surface area contributed by atoms with Crippen LogP contribution in [0.2, 0.25) is 0 Å². The molecule has 0 amide bonds. The van der Waals surface area contributed by atoms with Crippen LogP contribution in [0.4, 0.5) is 0 Å². The molecule has 0 radical (unpaired) electrons. The molecule has 0 aromatic rings. The molecular weight excluding hydrogens is 232 g/mol. The van der Waals surface area contributed by atoms with Crippen molar-refractivity contribution in [2.45, 2.75) is 69.9 Å². The van der Waals surface area contributed by atoms with Crippen LogP contribution in [0, 0.1) is 17.8 Å². The van der Waals surface area contributed by atoms with E-state index in [2.05, 4.69) is 10.2 Å². The summed E-state index contributed by atoms with van der Waals surface area (Å²) in [5.41, 5.74) is 0. The maximum absolute atomic E-state index is 3.86. The zero-order chi connectivity index (χ0) is 12.7. The predicted molar refractivity (Wildman–Crippen MR) is 79.2 cm³/mol. The van der Waals surface area contributed by atoms with Crippen molar-refractivity contribution in [2.75, 3.05) is 19.6 Å². The van der Waals surface area contributed by atoms with Crippen molar-refractivity contribution in [2.24, 2.45) is 17.8 Å². The largest absolute Gasteiger partial charge is 0.312 e. The van der Waals surface area contributed by atoms with Crippen LogP contribution in [-0.4, -0.2) is 36.6 Å². The standard InChI is InChI=1S/C17H30N2/c1-2-14-4-5-15(3-1)12-19(11-14)17-10-13-6-7-16(17)18-9-8-13/h13-18H,1-12H2. The third-order valence-electron chi connectivity index (χ3n) is 6.55. The summed E-state index contributed by atoms with van der Waals surface area (Å²) in [5, 5.41) is 3.86. The van der Waals surface area contributed by atoms with Crippen molar-refractivity contribution < 1.29 is 0 Å². The second-order valence-electron chi connectivity index (χ2n) is 7.79. The van der Waals surface area contributed by atoms with Gasteiger partial charge in [-0.05, 0) is 75.7 Å². The number of nitrogens with zero attached hydrogens (tertiary/aromatic N) is 1. The maximum Gasteiger partial charge on any atom is 0.0252 e. The Hall–Kier alpha value is -0.0800. The second-order valence-corrected chi connectivity index (χ2v) is 7.79. The Balaban J connectivity index is 1.51. The molecule has 1 N–H and O–H groups in total. The van der Waals surface area contributed by atoms with Gasteiger partial charge in [0.2, 0.25) is 0 Å². The molecule has 2 nitrogen and oxygen atoms in total. The van der Waals surface area contributed by atoms with E-state index in [0.717, 1.165) is 29.8 Å². The highest BCUT2D eigenvalue weighted by atomic mass is 15.2. The van der Waals surface area contributed by atoms with E-state index in [9.17, 15) is 0 Å². The van der Waals surface area contributed by atoms with Gasteiger partial charge >= 0.3 is 0 Å². The third-order valence-corrected chi connectivity index (χ3v) is 6.55. The van der Waals surface area contributed by atoms with Gasteiger partial charge in [0.15, 0.2) is 0 Å². The average molecular weight is 262 g/mol. The third kappa shape index (κ3) is 2.58. The van der Waals surface area contributed by atoms with Crippen molar-refractivity contribution in [3.63, 3.8) is 0 Å². The Labute approximate surface area is 118 Å². The van der Waals surface area contributed by atoms with E-state index in [0.29, 0.717) is 0 Å². The van der Waals surface area contributed by atoms with Gasteiger partial charge < -0.3 is 5.32 Å². The lowest BCUT2D eigenvalue weighted by molar-refractivity contribution is 0.0832. The normalized spacial score (nSPS) is 47.7. The molecule has 5 atom stereocenters. The van der Waals surface area contributed by atoms with Crippen molar-refractivity contribution in [3.05, 3.63) is 0 Å². The first-order valence-electron chi connectivity index (χ1n) is 8.86. The number of hydrogen-bond acceptors (Lipinski definition) is 2. The lowest BCUT2D eigenvalue weighted by Crippen LogP contribution is -2.53. The fraction of sp³-hybridized carbons (Fsp3) is 1.00. The van der Waals surface area contributed by atoms with Gasteiger partial charge in [-0.15, -0.1) is 0 Å². The topological polar surface area (TPSA) is 15.3 Å². The van der Waals surface area contributed by atoms with Gasteiger partial charge in [0, 0.05) is 25.2 Å². The minimum atomic E-state index is 0.817. The summed E-state index contributed by atoms with van der Waals surface area (Å²) < 4.78 is 0. The van der Waals surface area contributed by atoms with Crippen LogP contribution >= 0.6 is 0 Å². The first-order valence-corrected chi connectivity index (χ1v) is 8.86. The number of rotatable bonds is 1. The minimum absolute atomic E-state index is 0.817. The van der Waals surface area contributed by atoms with E-state index >= 15 is 0 Å². The lowest BCUT2D eigenvalue weighted by Gasteiger charge is -2.42. The van der Waals surface area contributed by atoms with E-state index in [-0.39, 0.29) is 0 Å². The smallest absolute Gasteiger partial charge is 0.0252 e. The van der Waals surface area contributed by atoms with Gasteiger partial charge in [-0.3, -0.25) is 4.90 Å². The van der Waals surface area contributed by atoms with Crippen LogP contribution < -0.4 is 5.32 Å². The van der Waals surface area contributed by atoms with E-state index in [4.69, 9.17) is 0 Å². The van der Waals surface area contributed by atoms with Crippen molar-refractivity contribution in [1.82, 2.24) is 10.2 Å². The summed E-state index contributed by atoms with van der Waals surface area (Å²) in [7, 11) is 0. The number of hydrogen-bond donors (Lipinski definition) is 1. The Morgan fingerprint density at radius 1 is 0.737 bits per heavy atom. The first kappa shape index (κ1) is 12.6. The summed E-state index contributed by atoms with van der Waals surface area (Å²) in [5.74, 6) is 3.07. The number of likely N-dealkylation sites (tertiary alicyclic amines) is 1. The molecule has 5 unspecified atom stereocenters. The molecule has 0 spiro atoms. The summed E-state index contributed by atoms with van der Waals surface area (Å²) in [6, 6.07) is 1.69. The van der Waals surface area contributed by atoms with Crippen LogP contribution in [-0.2, 0) is 0 Å². The van der Waals surface area contributed by atoms with Crippen LogP contribution in [0.5, 0.6) is 0 Å². The Kier molecular flexibility index (Phi) is 3.57. The number of fused-ring (bicyclic) bond motifs is 7. The molecule has 5 rings (SSSR count). The lowest BCUT2D eigenvalue weighted by atomic mass is 9.81. The zero-order valence-electron chi connectivity index (χ0n) is 12.3. The summed E-state index contributed by atoms with van der Waals surface area (Å²) >= 11 is 0. The zero-order valence-corrected chi connectivity index (χ0v) is 12.3. The SMILES string of the molecule is C1CC2CCC(C1)CN(C1CC3CCNC1CC3)C2. The van der Waals surface area contributed by atoms with E-state index < -0.39 is 0 Å². The van der Waals surface area contributed by atoms with Gasteiger partial charge in [-0.1, -0.05) is 6.42 Å². The van der Waals surface area contributed by atoms with Gasteiger partial charge in [-0.25, -0.2) is 0 Å². The molecule has 3 saturated heterocycles. The first-order chi connectivity index (χ1) is 9.38. The number of nitrogens with one attached hydrogen (secondary N) is 1. The fourth-order valence-electron chi connectivity index (χ4n) is 5.44. The van der Waals surface area contributed by atoms with E-state index in [1.807, 2.05) is 0 Å². The summed E-state index contributed by atoms with van der Waals surface area (Å²) in [6.45, 7) is 4.13. The average Bonchev–Trinajstić information content (AvgIpc) is 2.90. The molecule has 19 heavy (non-hydrogen) atoms. The maximum atomic E-state index is 3.86. The van der Waals surface area contributed by atoms with Crippen molar-refractivity contribution >= 4 is 0 Å². The summed E-state index contributed by atoms with van der Waals surface area (Å²) in [6.07, 6.45) is 13.5. The van der Waals surface area contributed by atoms with Crippen LogP contribution in [0.1, 0.15) is 57.8 Å². The molecular formula is C17H30N2. The van der Waals surface area contributed by atoms with Gasteiger partial charge in [0.1, 0.15) is 0 Å². The van der Waals surface area contributed by atoms with Crippen molar-refractivity contribution in [3.8, 4) is 0 Å².